The first-order chi connectivity index (χ1) is 11.5. The summed E-state index contributed by atoms with van der Waals surface area (Å²) in [5.74, 6) is -0.232. The minimum atomic E-state index is -0.368. The first-order valence-corrected chi connectivity index (χ1v) is 8.27. The van der Waals surface area contributed by atoms with E-state index in [2.05, 4.69) is 0 Å². The summed E-state index contributed by atoms with van der Waals surface area (Å²) < 4.78 is 11.0. The summed E-state index contributed by atoms with van der Waals surface area (Å²) in [7, 11) is 0. The minimum Gasteiger partial charge on any atom is -0.508 e. The molecule has 1 fully saturated rings. The molecule has 1 saturated heterocycles. The Labute approximate surface area is 142 Å². The molecular formula is C19H24O5. The van der Waals surface area contributed by atoms with Gasteiger partial charge in [-0.15, -0.1) is 0 Å². The van der Waals surface area contributed by atoms with Crippen LogP contribution >= 0.6 is 0 Å². The Balaban J connectivity index is 1.68. The van der Waals surface area contributed by atoms with Crippen molar-refractivity contribution in [1.82, 2.24) is 0 Å². The molecule has 0 radical (unpaired) electrons. The second kappa shape index (κ2) is 8.64. The largest absolute Gasteiger partial charge is 0.508 e. The zero-order valence-electron chi connectivity index (χ0n) is 14.1. The Morgan fingerprint density at radius 2 is 2.12 bits per heavy atom. The van der Waals surface area contributed by atoms with Gasteiger partial charge < -0.3 is 14.6 Å². The van der Waals surface area contributed by atoms with Crippen molar-refractivity contribution in [2.45, 2.75) is 57.8 Å². The first kappa shape index (κ1) is 18.2. The molecule has 5 heteroatoms. The molecule has 24 heavy (non-hydrogen) atoms. The Bertz CT molecular complexity index is 608. The number of phenols is 1. The number of benzene rings is 1. The maximum absolute atomic E-state index is 12.1. The SMILES string of the molecule is Cc1cc(O)ccc1C(=O)OC(C)CCC1OC1CC/C=C/C=O. The predicted molar refractivity (Wildman–Crippen MR) is 90.1 cm³/mol. The van der Waals surface area contributed by atoms with Crippen molar-refractivity contribution in [3.8, 4) is 5.75 Å². The van der Waals surface area contributed by atoms with E-state index in [4.69, 9.17) is 9.47 Å². The Morgan fingerprint density at radius 1 is 1.38 bits per heavy atom. The molecule has 0 spiro atoms. The Hall–Kier alpha value is -2.14. The van der Waals surface area contributed by atoms with Gasteiger partial charge in [-0.2, -0.15) is 0 Å². The standard InChI is InChI=1S/C19H24O5/c1-13-12-15(21)8-9-16(13)19(22)23-14(2)7-10-18-17(24-18)6-4-3-5-11-20/h3,5,8-9,11-12,14,17-18,21H,4,6-7,10H2,1-2H3/b5-3+. The zero-order chi connectivity index (χ0) is 17.5. The second-order valence-corrected chi connectivity index (χ2v) is 6.15. The van der Waals surface area contributed by atoms with Crippen LogP contribution < -0.4 is 0 Å². The molecule has 0 aliphatic carbocycles. The monoisotopic (exact) mass is 332 g/mol. The van der Waals surface area contributed by atoms with Crippen LogP contribution in [-0.2, 0) is 14.3 Å². The van der Waals surface area contributed by atoms with Gasteiger partial charge in [0.2, 0.25) is 0 Å². The van der Waals surface area contributed by atoms with Crippen LogP contribution in [0, 0.1) is 6.92 Å². The number of epoxide rings is 1. The lowest BCUT2D eigenvalue weighted by Crippen LogP contribution is -2.16. The van der Waals surface area contributed by atoms with Crippen molar-refractivity contribution < 1.29 is 24.2 Å². The van der Waals surface area contributed by atoms with E-state index in [9.17, 15) is 14.7 Å². The number of phenolic OH excluding ortho intramolecular Hbond substituents is 1. The lowest BCUT2D eigenvalue weighted by molar-refractivity contribution is -0.104. The molecular weight excluding hydrogens is 308 g/mol. The van der Waals surface area contributed by atoms with Crippen LogP contribution in [0.4, 0.5) is 0 Å². The number of hydrogen-bond acceptors (Lipinski definition) is 5. The number of aryl methyl sites for hydroxylation is 1. The summed E-state index contributed by atoms with van der Waals surface area (Å²) in [6.45, 7) is 3.64. The fraction of sp³-hybridized carbons (Fsp3) is 0.474. The maximum Gasteiger partial charge on any atom is 0.338 e. The number of hydrogen-bond donors (Lipinski definition) is 1. The van der Waals surface area contributed by atoms with E-state index >= 15 is 0 Å². The molecule has 1 aliphatic rings. The molecule has 0 bridgehead atoms. The van der Waals surface area contributed by atoms with Gasteiger partial charge in [0.1, 0.15) is 12.0 Å². The van der Waals surface area contributed by atoms with Gasteiger partial charge in [-0.3, -0.25) is 4.79 Å². The molecule has 130 valence electrons. The van der Waals surface area contributed by atoms with E-state index in [1.807, 2.05) is 13.0 Å². The van der Waals surface area contributed by atoms with Gasteiger partial charge in [-0.05, 0) is 69.4 Å². The summed E-state index contributed by atoms with van der Waals surface area (Å²) in [6.07, 6.45) is 7.76. The van der Waals surface area contributed by atoms with E-state index in [0.29, 0.717) is 11.1 Å². The molecule has 3 unspecified atom stereocenters. The number of carbonyl (C=O) groups is 2. The van der Waals surface area contributed by atoms with Crippen LogP contribution in [0.3, 0.4) is 0 Å². The molecule has 1 aromatic rings. The van der Waals surface area contributed by atoms with Gasteiger partial charge in [-0.1, -0.05) is 6.08 Å². The lowest BCUT2D eigenvalue weighted by atomic mass is 10.1. The number of rotatable bonds is 9. The molecule has 0 aromatic heterocycles. The average Bonchev–Trinajstić information content (AvgIpc) is 3.28. The number of allylic oxidation sites excluding steroid dienone is 2. The number of aromatic hydroxyl groups is 1. The highest BCUT2D eigenvalue weighted by Gasteiger charge is 2.37. The van der Waals surface area contributed by atoms with Crippen LogP contribution in [0.5, 0.6) is 5.75 Å². The van der Waals surface area contributed by atoms with Crippen LogP contribution in [0.15, 0.2) is 30.4 Å². The highest BCUT2D eigenvalue weighted by atomic mass is 16.6. The number of carbonyl (C=O) groups excluding carboxylic acids is 2. The summed E-state index contributed by atoms with van der Waals surface area (Å²) in [4.78, 5) is 22.3. The summed E-state index contributed by atoms with van der Waals surface area (Å²) in [5, 5.41) is 9.38. The number of aldehydes is 1. The van der Waals surface area contributed by atoms with E-state index in [0.717, 1.165) is 32.0 Å². The summed E-state index contributed by atoms with van der Waals surface area (Å²) in [5.41, 5.74) is 1.17. The predicted octanol–water partition coefficient (Wildman–Crippen LogP) is 3.33. The van der Waals surface area contributed by atoms with E-state index < -0.39 is 0 Å². The first-order valence-electron chi connectivity index (χ1n) is 8.27. The van der Waals surface area contributed by atoms with Crippen LogP contribution in [0.2, 0.25) is 0 Å². The van der Waals surface area contributed by atoms with Crippen molar-refractivity contribution >= 4 is 12.3 Å². The van der Waals surface area contributed by atoms with E-state index in [1.165, 1.54) is 12.1 Å². The zero-order valence-corrected chi connectivity index (χ0v) is 14.1. The molecule has 1 aliphatic heterocycles. The van der Waals surface area contributed by atoms with Crippen LogP contribution in [-0.4, -0.2) is 35.7 Å². The minimum absolute atomic E-state index is 0.136. The molecule has 1 N–H and O–H groups in total. The fourth-order valence-electron chi connectivity index (χ4n) is 2.68. The van der Waals surface area contributed by atoms with Crippen molar-refractivity contribution in [3.63, 3.8) is 0 Å². The topological polar surface area (TPSA) is 76.1 Å². The third-order valence-corrected chi connectivity index (χ3v) is 4.12. The summed E-state index contributed by atoms with van der Waals surface area (Å²) >= 11 is 0. The third kappa shape index (κ3) is 5.49. The lowest BCUT2D eigenvalue weighted by Gasteiger charge is -2.13. The highest BCUT2D eigenvalue weighted by molar-refractivity contribution is 5.91. The third-order valence-electron chi connectivity index (χ3n) is 4.12. The van der Waals surface area contributed by atoms with Gasteiger partial charge in [0, 0.05) is 0 Å². The van der Waals surface area contributed by atoms with Crippen molar-refractivity contribution in [2.24, 2.45) is 0 Å². The number of ether oxygens (including phenoxy) is 2. The average molecular weight is 332 g/mol. The second-order valence-electron chi connectivity index (χ2n) is 6.15. The molecule has 3 atom stereocenters. The van der Waals surface area contributed by atoms with Gasteiger partial charge in [-0.25, -0.2) is 4.79 Å². The van der Waals surface area contributed by atoms with Crippen LogP contribution in [0.25, 0.3) is 0 Å². The highest BCUT2D eigenvalue weighted by Crippen LogP contribution is 2.31. The fourth-order valence-corrected chi connectivity index (χ4v) is 2.68. The van der Waals surface area contributed by atoms with Gasteiger partial charge in [0.05, 0.1) is 23.9 Å². The molecule has 5 nitrogen and oxygen atoms in total. The quantitative estimate of drug-likeness (QED) is 0.325. The van der Waals surface area contributed by atoms with Crippen LogP contribution in [0.1, 0.15) is 48.5 Å². The van der Waals surface area contributed by atoms with Gasteiger partial charge in [0.15, 0.2) is 0 Å². The molecule has 0 saturated carbocycles. The van der Waals surface area contributed by atoms with Gasteiger partial charge in [0.25, 0.3) is 0 Å². The summed E-state index contributed by atoms with van der Waals surface area (Å²) in [6, 6.07) is 4.60. The molecule has 2 rings (SSSR count). The Morgan fingerprint density at radius 3 is 2.83 bits per heavy atom. The molecule has 1 heterocycles. The smallest absolute Gasteiger partial charge is 0.338 e. The van der Waals surface area contributed by atoms with E-state index in [1.54, 1.807) is 19.1 Å². The van der Waals surface area contributed by atoms with Crippen molar-refractivity contribution in [3.05, 3.63) is 41.5 Å². The number of esters is 1. The molecule has 0 amide bonds. The van der Waals surface area contributed by atoms with Gasteiger partial charge >= 0.3 is 5.97 Å². The van der Waals surface area contributed by atoms with Crippen molar-refractivity contribution in [2.75, 3.05) is 0 Å². The van der Waals surface area contributed by atoms with Crippen molar-refractivity contribution in [1.29, 1.82) is 0 Å². The normalized spacial score (nSPS) is 20.8. The Kier molecular flexibility index (Phi) is 6.55. The molecule has 1 aromatic carbocycles. The van der Waals surface area contributed by atoms with E-state index in [-0.39, 0.29) is 30.0 Å². The maximum atomic E-state index is 12.1.